The normalized spacial score (nSPS) is 17.7. The zero-order chi connectivity index (χ0) is 42.1. The molecule has 0 radical (unpaired) electrons. The molecule has 0 bridgehead atoms. The van der Waals surface area contributed by atoms with Crippen LogP contribution in [-0.4, -0.2) is 0 Å². The molecule has 0 aliphatic heterocycles. The lowest BCUT2D eigenvalue weighted by Crippen LogP contribution is -2.18. The predicted octanol–water partition coefficient (Wildman–Crippen LogP) is 16.5. The largest absolute Gasteiger partial charge is 0.310 e. The third-order valence-corrected chi connectivity index (χ3v) is 15.3. The number of fused-ring (bicyclic) bond motifs is 10. The summed E-state index contributed by atoms with van der Waals surface area (Å²) in [5.74, 6) is 0.456. The van der Waals surface area contributed by atoms with Gasteiger partial charge in [0.2, 0.25) is 0 Å². The van der Waals surface area contributed by atoms with E-state index >= 15 is 0 Å². The molecule has 1 heteroatoms. The SMILES string of the molecule is CC1(C)C2=CC=CCC2c2ccc(N(c3ccc(-c4cccc(-c5c6c(cc7ccccc57)C(C)(C)c5ccccc5-6)c4)cc3)c3ccc4c(c3)C(C)(C)c3ccccc3-4)cc21. The molecule has 0 fully saturated rings. The number of rotatable bonds is 5. The van der Waals surface area contributed by atoms with Gasteiger partial charge in [-0.1, -0.05) is 181 Å². The summed E-state index contributed by atoms with van der Waals surface area (Å²) in [5.41, 5.74) is 23.8. The highest BCUT2D eigenvalue weighted by molar-refractivity contribution is 6.08. The van der Waals surface area contributed by atoms with Crippen molar-refractivity contribution in [1.82, 2.24) is 0 Å². The van der Waals surface area contributed by atoms with Crippen molar-refractivity contribution in [1.29, 1.82) is 0 Å². The first kappa shape index (κ1) is 37.1. The molecule has 0 spiro atoms. The Balaban J connectivity index is 0.984. The van der Waals surface area contributed by atoms with Crippen LogP contribution in [0.25, 0.3) is 55.3 Å². The average Bonchev–Trinajstić information content (AvgIpc) is 3.78. The van der Waals surface area contributed by atoms with Crippen LogP contribution in [0.1, 0.15) is 87.3 Å². The van der Waals surface area contributed by atoms with Gasteiger partial charge in [-0.05, 0) is 144 Å². The number of hydrogen-bond acceptors (Lipinski definition) is 1. The number of hydrogen-bond donors (Lipinski definition) is 0. The summed E-state index contributed by atoms with van der Waals surface area (Å²) in [6.45, 7) is 14.3. The van der Waals surface area contributed by atoms with Crippen LogP contribution in [-0.2, 0) is 16.2 Å². The van der Waals surface area contributed by atoms with Gasteiger partial charge in [0.25, 0.3) is 0 Å². The fourth-order valence-corrected chi connectivity index (χ4v) is 12.0. The third kappa shape index (κ3) is 5.21. The molecular weight excluding hydrogens is 747 g/mol. The Kier molecular flexibility index (Phi) is 7.87. The maximum absolute atomic E-state index is 2.49. The molecule has 1 atom stereocenters. The van der Waals surface area contributed by atoms with Crippen molar-refractivity contribution >= 4 is 27.8 Å². The van der Waals surface area contributed by atoms with Gasteiger partial charge in [-0.3, -0.25) is 0 Å². The molecule has 12 rings (SSSR count). The van der Waals surface area contributed by atoms with Crippen molar-refractivity contribution in [3.05, 3.63) is 221 Å². The van der Waals surface area contributed by atoms with Crippen LogP contribution in [0.5, 0.6) is 0 Å². The van der Waals surface area contributed by atoms with Gasteiger partial charge in [-0.15, -0.1) is 0 Å². The van der Waals surface area contributed by atoms with Crippen LogP contribution in [0.15, 0.2) is 188 Å². The third-order valence-electron chi connectivity index (χ3n) is 15.3. The number of nitrogens with zero attached hydrogens (tertiary/aromatic N) is 1. The van der Waals surface area contributed by atoms with Crippen molar-refractivity contribution in [2.24, 2.45) is 0 Å². The van der Waals surface area contributed by atoms with E-state index in [1.54, 1.807) is 0 Å². The quantitative estimate of drug-likeness (QED) is 0.168. The molecule has 0 saturated carbocycles. The molecule has 0 saturated heterocycles. The molecule has 0 aromatic heterocycles. The monoisotopic (exact) mass is 797 g/mol. The van der Waals surface area contributed by atoms with Crippen molar-refractivity contribution in [3.63, 3.8) is 0 Å². The summed E-state index contributed by atoms with van der Waals surface area (Å²) in [6, 6.07) is 62.3. The smallest absolute Gasteiger partial charge is 0.0465 e. The van der Waals surface area contributed by atoms with Crippen LogP contribution in [0.3, 0.4) is 0 Å². The van der Waals surface area contributed by atoms with E-state index in [-0.39, 0.29) is 16.2 Å². The Morgan fingerprint density at radius 2 is 1.06 bits per heavy atom. The highest BCUT2D eigenvalue weighted by Crippen LogP contribution is 2.57. The van der Waals surface area contributed by atoms with E-state index in [1.165, 1.54) is 106 Å². The summed E-state index contributed by atoms with van der Waals surface area (Å²) in [6.07, 6.45) is 8.02. The van der Waals surface area contributed by atoms with Gasteiger partial charge in [-0.2, -0.15) is 0 Å². The molecule has 1 nitrogen and oxygen atoms in total. The van der Waals surface area contributed by atoms with Gasteiger partial charge in [0.15, 0.2) is 0 Å². The molecule has 4 aliphatic carbocycles. The van der Waals surface area contributed by atoms with Gasteiger partial charge in [0.1, 0.15) is 0 Å². The van der Waals surface area contributed by atoms with E-state index in [9.17, 15) is 0 Å². The number of anilines is 3. The molecule has 300 valence electrons. The van der Waals surface area contributed by atoms with Crippen molar-refractivity contribution < 1.29 is 0 Å². The lowest BCUT2D eigenvalue weighted by Gasteiger charge is -2.30. The van der Waals surface area contributed by atoms with E-state index in [1.807, 2.05) is 0 Å². The van der Waals surface area contributed by atoms with E-state index in [0.29, 0.717) is 5.92 Å². The Morgan fingerprint density at radius 1 is 0.435 bits per heavy atom. The second-order valence-electron chi connectivity index (χ2n) is 19.7. The first-order chi connectivity index (χ1) is 30.0. The first-order valence-corrected chi connectivity index (χ1v) is 22.4. The Morgan fingerprint density at radius 3 is 1.87 bits per heavy atom. The maximum atomic E-state index is 2.49. The van der Waals surface area contributed by atoms with Crippen LogP contribution in [0.2, 0.25) is 0 Å². The fourth-order valence-electron chi connectivity index (χ4n) is 12.0. The second kappa shape index (κ2) is 13.2. The number of allylic oxidation sites excluding steroid dienone is 4. The zero-order valence-electron chi connectivity index (χ0n) is 36.6. The standard InChI is InChI=1S/C61H51N/c1-59(2)51-23-12-9-20-46(51)48-32-30-43(36-54(48)59)62(44-31-33-49-47-21-10-13-24-52(47)60(3,4)55(49)37-44)42-28-26-38(27-29-42)39-17-15-18-41(34-39)57-45-19-8-7-16-40(45)35-56-58(57)50-22-11-14-25-53(50)61(56,5)6/h7-20,22-37,47H,21H2,1-6H3. The Labute approximate surface area is 366 Å². The van der Waals surface area contributed by atoms with E-state index in [0.717, 1.165) is 12.1 Å². The molecule has 1 unspecified atom stereocenters. The van der Waals surface area contributed by atoms with Crippen molar-refractivity contribution in [2.45, 2.75) is 70.1 Å². The number of benzene rings is 8. The molecule has 8 aromatic rings. The van der Waals surface area contributed by atoms with Gasteiger partial charge < -0.3 is 4.90 Å². The van der Waals surface area contributed by atoms with Crippen LogP contribution < -0.4 is 4.90 Å². The van der Waals surface area contributed by atoms with Crippen LogP contribution in [0, 0.1) is 0 Å². The molecule has 8 aromatic carbocycles. The predicted molar refractivity (Wildman–Crippen MR) is 262 cm³/mol. The molecular formula is C61H51N. The maximum Gasteiger partial charge on any atom is 0.0465 e. The minimum absolute atomic E-state index is 0.0368. The van der Waals surface area contributed by atoms with Crippen LogP contribution in [0.4, 0.5) is 17.1 Å². The van der Waals surface area contributed by atoms with Gasteiger partial charge in [0, 0.05) is 39.2 Å². The van der Waals surface area contributed by atoms with E-state index in [2.05, 4.69) is 228 Å². The molecule has 0 heterocycles. The van der Waals surface area contributed by atoms with Gasteiger partial charge in [0.05, 0.1) is 0 Å². The highest BCUT2D eigenvalue weighted by atomic mass is 15.1. The summed E-state index contributed by atoms with van der Waals surface area (Å²) in [7, 11) is 0. The Hall–Kier alpha value is -6.70. The average molecular weight is 798 g/mol. The van der Waals surface area contributed by atoms with Gasteiger partial charge in [-0.25, -0.2) is 0 Å². The highest BCUT2D eigenvalue weighted by Gasteiger charge is 2.42. The summed E-state index contributed by atoms with van der Waals surface area (Å²) in [4.78, 5) is 2.49. The summed E-state index contributed by atoms with van der Waals surface area (Å²) < 4.78 is 0. The van der Waals surface area contributed by atoms with E-state index < -0.39 is 0 Å². The lowest BCUT2D eigenvalue weighted by molar-refractivity contribution is 0.612. The fraction of sp³-hybridized carbons (Fsp3) is 0.180. The minimum Gasteiger partial charge on any atom is -0.310 e. The Bertz CT molecular complexity index is 3240. The molecule has 0 N–H and O–H groups in total. The lowest BCUT2D eigenvalue weighted by atomic mass is 9.79. The first-order valence-electron chi connectivity index (χ1n) is 22.4. The van der Waals surface area contributed by atoms with Crippen molar-refractivity contribution in [2.75, 3.05) is 4.90 Å². The summed E-state index contributed by atoms with van der Waals surface area (Å²) in [5, 5.41) is 2.59. The molecule has 4 aliphatic rings. The van der Waals surface area contributed by atoms with Gasteiger partial charge >= 0.3 is 0 Å². The van der Waals surface area contributed by atoms with Crippen LogP contribution >= 0.6 is 0 Å². The topological polar surface area (TPSA) is 3.24 Å². The zero-order valence-corrected chi connectivity index (χ0v) is 36.6. The minimum atomic E-state index is -0.0976. The molecule has 62 heavy (non-hydrogen) atoms. The van der Waals surface area contributed by atoms with E-state index in [4.69, 9.17) is 0 Å². The molecule has 0 amide bonds. The second-order valence-corrected chi connectivity index (χ2v) is 19.7. The summed E-state index contributed by atoms with van der Waals surface area (Å²) >= 11 is 0. The van der Waals surface area contributed by atoms with Crippen molar-refractivity contribution in [3.8, 4) is 44.5 Å².